The van der Waals surface area contributed by atoms with Crippen molar-refractivity contribution in [1.82, 2.24) is 5.32 Å². The van der Waals surface area contributed by atoms with E-state index in [0.29, 0.717) is 5.56 Å². The van der Waals surface area contributed by atoms with Crippen LogP contribution in [-0.2, 0) is 6.42 Å². The van der Waals surface area contributed by atoms with Crippen LogP contribution in [0, 0.1) is 5.92 Å². The van der Waals surface area contributed by atoms with Crippen LogP contribution in [0.5, 0.6) is 0 Å². The molecule has 0 radical (unpaired) electrons. The fraction of sp³-hybridized carbons (Fsp3) is 0.222. The van der Waals surface area contributed by atoms with Gasteiger partial charge in [0.25, 0.3) is 0 Å². The summed E-state index contributed by atoms with van der Waals surface area (Å²) >= 11 is 0. The molecule has 0 amide bonds. The van der Waals surface area contributed by atoms with E-state index in [4.69, 9.17) is 0 Å². The van der Waals surface area contributed by atoms with Crippen molar-refractivity contribution >= 4 is 5.78 Å². The lowest BCUT2D eigenvalue weighted by Crippen LogP contribution is -2.25. The minimum Gasteiger partial charge on any atom is -0.381 e. The Morgan fingerprint density at radius 2 is 1.41 bits per heavy atom. The zero-order valence-electron chi connectivity index (χ0n) is 17.2. The van der Waals surface area contributed by atoms with Gasteiger partial charge in [0.15, 0.2) is 5.78 Å². The van der Waals surface area contributed by atoms with E-state index in [1.807, 2.05) is 54.6 Å². The molecule has 0 heterocycles. The predicted molar refractivity (Wildman–Crippen MR) is 121 cm³/mol. The molecule has 0 fully saturated rings. The summed E-state index contributed by atoms with van der Waals surface area (Å²) in [7, 11) is 0. The molecule has 0 saturated heterocycles. The molecule has 3 aromatic rings. The van der Waals surface area contributed by atoms with E-state index >= 15 is 0 Å². The maximum absolute atomic E-state index is 12.9. The lowest BCUT2D eigenvalue weighted by molar-refractivity contribution is 0.104. The van der Waals surface area contributed by atoms with Gasteiger partial charge in [0.05, 0.1) is 0 Å². The highest BCUT2D eigenvalue weighted by atomic mass is 16.1. The summed E-state index contributed by atoms with van der Waals surface area (Å²) in [6, 6.07) is 30.4. The molecule has 148 valence electrons. The van der Waals surface area contributed by atoms with E-state index in [-0.39, 0.29) is 17.7 Å². The first kappa shape index (κ1) is 20.6. The molecule has 3 rings (SSSR count). The van der Waals surface area contributed by atoms with E-state index in [1.54, 1.807) is 6.08 Å². The second-order valence-electron chi connectivity index (χ2n) is 7.40. The first-order valence-electron chi connectivity index (χ1n) is 10.3. The standard InChI is InChI=1S/C27H29NO/c1-3-23(19-22-13-7-4-8-14-22)26(20-27(29)25-17-11-6-12-18-25)28-21(2)24-15-9-5-10-16-24/h4-18,20-21,23,28H,3,19H2,1-2H3/b26-20-/t21-,23+/m1/s1. The second-order valence-corrected chi connectivity index (χ2v) is 7.40. The van der Waals surface area contributed by atoms with Crippen molar-refractivity contribution in [2.45, 2.75) is 32.7 Å². The third-order valence-electron chi connectivity index (χ3n) is 5.29. The molecule has 0 unspecified atom stereocenters. The van der Waals surface area contributed by atoms with E-state index in [9.17, 15) is 4.79 Å². The molecule has 2 nitrogen and oxygen atoms in total. The van der Waals surface area contributed by atoms with Crippen molar-refractivity contribution < 1.29 is 4.79 Å². The quantitative estimate of drug-likeness (QED) is 0.343. The van der Waals surface area contributed by atoms with Crippen LogP contribution in [0.25, 0.3) is 0 Å². The van der Waals surface area contributed by atoms with Crippen molar-refractivity contribution in [3.05, 3.63) is 119 Å². The molecule has 0 aromatic heterocycles. The highest BCUT2D eigenvalue weighted by Crippen LogP contribution is 2.23. The van der Waals surface area contributed by atoms with Crippen LogP contribution < -0.4 is 5.32 Å². The zero-order chi connectivity index (χ0) is 20.5. The lowest BCUT2D eigenvalue weighted by Gasteiger charge is -2.25. The predicted octanol–water partition coefficient (Wildman–Crippen LogP) is 6.37. The van der Waals surface area contributed by atoms with Crippen LogP contribution in [0.1, 0.15) is 47.8 Å². The number of ketones is 1. The maximum atomic E-state index is 12.9. The Bertz CT molecular complexity index is 917. The number of benzene rings is 3. The average molecular weight is 384 g/mol. The summed E-state index contributed by atoms with van der Waals surface area (Å²) in [6.07, 6.45) is 3.66. The van der Waals surface area contributed by atoms with Gasteiger partial charge in [-0.05, 0) is 30.9 Å². The van der Waals surface area contributed by atoms with Crippen molar-refractivity contribution in [2.24, 2.45) is 5.92 Å². The SMILES string of the molecule is CC[C@@H](Cc1ccccc1)/C(=C/C(=O)c1ccccc1)N[C@H](C)c1ccccc1. The van der Waals surface area contributed by atoms with Crippen molar-refractivity contribution in [1.29, 1.82) is 0 Å². The topological polar surface area (TPSA) is 29.1 Å². The Balaban J connectivity index is 1.89. The van der Waals surface area contributed by atoms with Gasteiger partial charge in [-0.15, -0.1) is 0 Å². The number of rotatable bonds is 9. The van der Waals surface area contributed by atoms with Gasteiger partial charge >= 0.3 is 0 Å². The van der Waals surface area contributed by atoms with Crippen molar-refractivity contribution in [3.63, 3.8) is 0 Å². The van der Waals surface area contributed by atoms with Crippen LogP contribution in [0.15, 0.2) is 103 Å². The van der Waals surface area contributed by atoms with Gasteiger partial charge < -0.3 is 5.32 Å². The monoisotopic (exact) mass is 383 g/mol. The molecule has 29 heavy (non-hydrogen) atoms. The maximum Gasteiger partial charge on any atom is 0.187 e. The Labute approximate surface area is 174 Å². The van der Waals surface area contributed by atoms with Crippen LogP contribution in [0.4, 0.5) is 0 Å². The van der Waals surface area contributed by atoms with Crippen LogP contribution in [0.2, 0.25) is 0 Å². The zero-order valence-corrected chi connectivity index (χ0v) is 17.2. The molecule has 0 spiro atoms. The third kappa shape index (κ3) is 5.92. The Hall–Kier alpha value is -3.13. The van der Waals surface area contributed by atoms with Gasteiger partial charge in [0.1, 0.15) is 0 Å². The van der Waals surface area contributed by atoms with Gasteiger partial charge in [-0.3, -0.25) is 4.79 Å². The molecule has 0 aliphatic heterocycles. The van der Waals surface area contributed by atoms with Crippen LogP contribution in [0.3, 0.4) is 0 Å². The van der Waals surface area contributed by atoms with Crippen molar-refractivity contribution in [3.8, 4) is 0 Å². The van der Waals surface area contributed by atoms with Gasteiger partial charge in [-0.25, -0.2) is 0 Å². The molecule has 1 N–H and O–H groups in total. The molecule has 0 aliphatic rings. The highest BCUT2D eigenvalue weighted by Gasteiger charge is 2.18. The van der Waals surface area contributed by atoms with Crippen LogP contribution in [-0.4, -0.2) is 5.78 Å². The first-order valence-corrected chi connectivity index (χ1v) is 10.3. The summed E-state index contributed by atoms with van der Waals surface area (Å²) in [4.78, 5) is 12.9. The molecule has 2 atom stereocenters. The number of carbonyl (C=O) groups is 1. The summed E-state index contributed by atoms with van der Waals surface area (Å²) < 4.78 is 0. The van der Waals surface area contributed by atoms with E-state index in [0.717, 1.165) is 18.5 Å². The molecule has 0 saturated carbocycles. The second kappa shape index (κ2) is 10.4. The highest BCUT2D eigenvalue weighted by molar-refractivity contribution is 6.04. The minimum atomic E-state index is 0.0415. The third-order valence-corrected chi connectivity index (χ3v) is 5.29. The minimum absolute atomic E-state index is 0.0415. The Morgan fingerprint density at radius 3 is 2.00 bits per heavy atom. The van der Waals surface area contributed by atoms with E-state index in [2.05, 4.69) is 55.6 Å². The summed E-state index contributed by atoms with van der Waals surface area (Å²) in [5.74, 6) is 0.288. The lowest BCUT2D eigenvalue weighted by atomic mass is 9.91. The summed E-state index contributed by atoms with van der Waals surface area (Å²) in [6.45, 7) is 4.33. The normalized spacial score (nSPS) is 13.5. The van der Waals surface area contributed by atoms with E-state index in [1.165, 1.54) is 11.1 Å². The number of carbonyl (C=O) groups excluding carboxylic acids is 1. The fourth-order valence-electron chi connectivity index (χ4n) is 3.55. The van der Waals surface area contributed by atoms with Gasteiger partial charge in [-0.1, -0.05) is 97.9 Å². The van der Waals surface area contributed by atoms with Gasteiger partial charge in [-0.2, -0.15) is 0 Å². The number of nitrogens with one attached hydrogen (secondary N) is 1. The Kier molecular flexibility index (Phi) is 7.40. The van der Waals surface area contributed by atoms with Gasteiger partial charge in [0, 0.05) is 29.3 Å². The smallest absolute Gasteiger partial charge is 0.187 e. The fourth-order valence-corrected chi connectivity index (χ4v) is 3.55. The Morgan fingerprint density at radius 1 is 0.862 bits per heavy atom. The number of allylic oxidation sites excluding steroid dienone is 2. The molecular weight excluding hydrogens is 354 g/mol. The largest absolute Gasteiger partial charge is 0.381 e. The molecule has 3 aromatic carbocycles. The molecule has 0 aliphatic carbocycles. The summed E-state index contributed by atoms with van der Waals surface area (Å²) in [5.41, 5.74) is 4.21. The average Bonchev–Trinajstić information content (AvgIpc) is 2.78. The molecular formula is C27H29NO. The van der Waals surface area contributed by atoms with Crippen LogP contribution >= 0.6 is 0 Å². The summed E-state index contributed by atoms with van der Waals surface area (Å²) in [5, 5.41) is 3.65. The molecule has 0 bridgehead atoms. The number of hydrogen-bond acceptors (Lipinski definition) is 2. The first-order chi connectivity index (χ1) is 14.2. The molecule has 2 heteroatoms. The van der Waals surface area contributed by atoms with E-state index < -0.39 is 0 Å². The van der Waals surface area contributed by atoms with Crippen molar-refractivity contribution in [2.75, 3.05) is 0 Å². The van der Waals surface area contributed by atoms with Gasteiger partial charge in [0.2, 0.25) is 0 Å². The number of hydrogen-bond donors (Lipinski definition) is 1.